The van der Waals surface area contributed by atoms with Crippen LogP contribution in [0.3, 0.4) is 0 Å². The van der Waals surface area contributed by atoms with Crippen LogP contribution in [0, 0.1) is 19.7 Å². The number of methoxy groups -OCH3 is 1. The zero-order valence-corrected chi connectivity index (χ0v) is 17.0. The lowest BCUT2D eigenvalue weighted by molar-refractivity contribution is -0.119. The first-order valence-corrected chi connectivity index (χ1v) is 9.42. The monoisotopic (exact) mass is 397 g/mol. The summed E-state index contributed by atoms with van der Waals surface area (Å²) in [5.74, 6) is -0.878. The van der Waals surface area contributed by atoms with Crippen molar-refractivity contribution in [3.05, 3.63) is 58.9 Å². The Morgan fingerprint density at radius 1 is 1.21 bits per heavy atom. The molecule has 0 bridgehead atoms. The van der Waals surface area contributed by atoms with Crippen LogP contribution in [0.15, 0.2) is 41.5 Å². The van der Waals surface area contributed by atoms with Crippen LogP contribution in [0.1, 0.15) is 42.5 Å². The van der Waals surface area contributed by atoms with E-state index < -0.39 is 11.9 Å². The molecule has 2 aromatic rings. The summed E-state index contributed by atoms with van der Waals surface area (Å²) in [4.78, 5) is 25.1. The summed E-state index contributed by atoms with van der Waals surface area (Å²) in [5, 5.41) is 8.45. The third-order valence-corrected chi connectivity index (χ3v) is 4.91. The quantitative estimate of drug-likeness (QED) is 0.834. The van der Waals surface area contributed by atoms with Gasteiger partial charge in [0, 0.05) is 12.8 Å². The van der Waals surface area contributed by atoms with E-state index in [0.29, 0.717) is 11.3 Å². The maximum absolute atomic E-state index is 13.9. The highest BCUT2D eigenvalue weighted by atomic mass is 19.1. The van der Waals surface area contributed by atoms with Crippen molar-refractivity contribution in [2.45, 2.75) is 39.7 Å². The summed E-state index contributed by atoms with van der Waals surface area (Å²) >= 11 is 0. The Kier molecular flexibility index (Phi) is 5.96. The van der Waals surface area contributed by atoms with Crippen LogP contribution in [0.4, 0.5) is 10.1 Å². The molecule has 0 fully saturated rings. The third-order valence-electron chi connectivity index (χ3n) is 4.91. The number of hydrazone groups is 1. The number of benzene rings is 2. The largest absolute Gasteiger partial charge is 0.494 e. The van der Waals surface area contributed by atoms with Gasteiger partial charge < -0.3 is 10.1 Å². The van der Waals surface area contributed by atoms with Crippen LogP contribution in [-0.4, -0.2) is 24.6 Å². The van der Waals surface area contributed by atoms with Gasteiger partial charge in [-0.2, -0.15) is 5.10 Å². The number of nitrogens with zero attached hydrogens (tertiary/aromatic N) is 2. The van der Waals surface area contributed by atoms with E-state index in [9.17, 15) is 14.0 Å². The maximum Gasteiger partial charge on any atom is 0.267 e. The normalized spacial score (nSPS) is 15.0. The molecule has 6 nitrogen and oxygen atoms in total. The number of rotatable bonds is 5. The number of ether oxygens (including phenoxy) is 1. The Morgan fingerprint density at radius 2 is 1.97 bits per heavy atom. The third kappa shape index (κ3) is 4.45. The Balaban J connectivity index is 1.80. The average Bonchev–Trinajstić information content (AvgIpc) is 2.70. The fourth-order valence-electron chi connectivity index (χ4n) is 3.17. The SMILES string of the molecule is COc1ccc(C(C)NC(=O)C2=NN(c3cc(C)ccc3C)C(=O)CC2)cc1F. The lowest BCUT2D eigenvalue weighted by Crippen LogP contribution is -2.40. The molecule has 1 atom stereocenters. The van der Waals surface area contributed by atoms with E-state index in [1.54, 1.807) is 13.0 Å². The molecule has 2 aromatic carbocycles. The van der Waals surface area contributed by atoms with Crippen LogP contribution in [0.2, 0.25) is 0 Å². The van der Waals surface area contributed by atoms with Crippen LogP contribution < -0.4 is 15.1 Å². The summed E-state index contributed by atoms with van der Waals surface area (Å²) in [6.45, 7) is 5.59. The molecular formula is C22H24FN3O3. The van der Waals surface area contributed by atoms with E-state index in [0.717, 1.165) is 11.1 Å². The summed E-state index contributed by atoms with van der Waals surface area (Å²) in [5.41, 5.74) is 3.45. The lowest BCUT2D eigenvalue weighted by Gasteiger charge is -2.25. The Morgan fingerprint density at radius 3 is 2.66 bits per heavy atom. The summed E-state index contributed by atoms with van der Waals surface area (Å²) in [7, 11) is 1.40. The second kappa shape index (κ2) is 8.43. The van der Waals surface area contributed by atoms with Gasteiger partial charge in [-0.15, -0.1) is 0 Å². The number of carbonyl (C=O) groups is 2. The van der Waals surface area contributed by atoms with Crippen LogP contribution in [0.5, 0.6) is 5.75 Å². The smallest absolute Gasteiger partial charge is 0.267 e. The Bertz CT molecular complexity index is 987. The Hall–Kier alpha value is -3.22. The minimum absolute atomic E-state index is 0.145. The highest BCUT2D eigenvalue weighted by Gasteiger charge is 2.27. The number of aryl methyl sites for hydroxylation is 2. The minimum atomic E-state index is -0.493. The van der Waals surface area contributed by atoms with Crippen LogP contribution in [0.25, 0.3) is 0 Å². The van der Waals surface area contributed by atoms with Gasteiger partial charge in [0.05, 0.1) is 18.8 Å². The molecule has 0 saturated heterocycles. The molecule has 2 amide bonds. The molecule has 0 aromatic heterocycles. The van der Waals surface area contributed by atoms with E-state index in [1.165, 1.54) is 24.3 Å². The molecule has 3 rings (SSSR count). The maximum atomic E-state index is 13.9. The number of amides is 2. The van der Waals surface area contributed by atoms with Crippen molar-refractivity contribution in [2.75, 3.05) is 12.1 Å². The molecule has 0 spiro atoms. The number of nitrogens with one attached hydrogen (secondary N) is 1. The van der Waals surface area contributed by atoms with Crippen molar-refractivity contribution < 1.29 is 18.7 Å². The van der Waals surface area contributed by atoms with Crippen molar-refractivity contribution in [3.8, 4) is 5.75 Å². The first-order valence-electron chi connectivity index (χ1n) is 9.42. The molecule has 1 heterocycles. The number of hydrogen-bond donors (Lipinski definition) is 1. The predicted octanol–water partition coefficient (Wildman–Crippen LogP) is 3.81. The van der Waals surface area contributed by atoms with Crippen molar-refractivity contribution >= 4 is 23.2 Å². The fourth-order valence-corrected chi connectivity index (χ4v) is 3.17. The van der Waals surface area contributed by atoms with Gasteiger partial charge in [0.25, 0.3) is 5.91 Å². The Labute approximate surface area is 169 Å². The fraction of sp³-hybridized carbons (Fsp3) is 0.318. The molecule has 29 heavy (non-hydrogen) atoms. The average molecular weight is 397 g/mol. The number of anilines is 1. The first kappa shape index (κ1) is 20.5. The van der Waals surface area contributed by atoms with Gasteiger partial charge >= 0.3 is 0 Å². The number of halogens is 1. The highest BCUT2D eigenvalue weighted by molar-refractivity contribution is 6.40. The van der Waals surface area contributed by atoms with E-state index in [4.69, 9.17) is 4.74 Å². The van der Waals surface area contributed by atoms with E-state index in [1.807, 2.05) is 32.0 Å². The number of hydrogen-bond acceptors (Lipinski definition) is 4. The summed E-state index contributed by atoms with van der Waals surface area (Å²) < 4.78 is 18.9. The van der Waals surface area contributed by atoms with Gasteiger partial charge in [0.2, 0.25) is 5.91 Å². The van der Waals surface area contributed by atoms with Gasteiger partial charge in [-0.3, -0.25) is 9.59 Å². The molecule has 1 aliphatic rings. The molecule has 0 aliphatic carbocycles. The lowest BCUT2D eigenvalue weighted by atomic mass is 10.1. The van der Waals surface area contributed by atoms with Crippen molar-refractivity contribution in [1.82, 2.24) is 5.32 Å². The molecule has 1 N–H and O–H groups in total. The van der Waals surface area contributed by atoms with Gasteiger partial charge in [0.1, 0.15) is 5.71 Å². The second-order valence-corrected chi connectivity index (χ2v) is 7.13. The summed E-state index contributed by atoms with van der Waals surface area (Å²) in [6.07, 6.45) is 0.459. The molecular weight excluding hydrogens is 373 g/mol. The first-order chi connectivity index (χ1) is 13.8. The van der Waals surface area contributed by atoms with E-state index in [2.05, 4.69) is 10.4 Å². The topological polar surface area (TPSA) is 71.0 Å². The highest BCUT2D eigenvalue weighted by Crippen LogP contribution is 2.26. The minimum Gasteiger partial charge on any atom is -0.494 e. The number of carbonyl (C=O) groups excluding carboxylic acids is 2. The van der Waals surface area contributed by atoms with Gasteiger partial charge in [0.15, 0.2) is 11.6 Å². The molecule has 1 aliphatic heterocycles. The van der Waals surface area contributed by atoms with Crippen molar-refractivity contribution in [3.63, 3.8) is 0 Å². The van der Waals surface area contributed by atoms with E-state index in [-0.39, 0.29) is 36.1 Å². The predicted molar refractivity (Wildman–Crippen MR) is 110 cm³/mol. The zero-order valence-electron chi connectivity index (χ0n) is 17.0. The van der Waals surface area contributed by atoms with Gasteiger partial charge in [-0.05, 0) is 55.7 Å². The van der Waals surface area contributed by atoms with Gasteiger partial charge in [-0.25, -0.2) is 9.40 Å². The second-order valence-electron chi connectivity index (χ2n) is 7.13. The van der Waals surface area contributed by atoms with Crippen LogP contribution in [-0.2, 0) is 9.59 Å². The standard InChI is InChI=1S/C22H24FN3O3/c1-13-5-6-14(2)19(11-13)26-21(27)10-8-18(25-26)22(28)24-15(3)16-7-9-20(29-4)17(23)12-16/h5-7,9,11-12,15H,8,10H2,1-4H3,(H,24,28). The summed E-state index contributed by atoms with van der Waals surface area (Å²) in [6, 6.07) is 9.87. The van der Waals surface area contributed by atoms with Crippen molar-refractivity contribution in [2.24, 2.45) is 5.10 Å². The van der Waals surface area contributed by atoms with Crippen molar-refractivity contribution in [1.29, 1.82) is 0 Å². The molecule has 0 radical (unpaired) electrons. The van der Waals surface area contributed by atoms with Gasteiger partial charge in [-0.1, -0.05) is 18.2 Å². The molecule has 0 saturated carbocycles. The molecule has 7 heteroatoms. The van der Waals surface area contributed by atoms with E-state index >= 15 is 0 Å². The van der Waals surface area contributed by atoms with Crippen LogP contribution >= 0.6 is 0 Å². The zero-order chi connectivity index (χ0) is 21.1. The molecule has 152 valence electrons. The molecule has 1 unspecified atom stereocenters.